The highest BCUT2D eigenvalue weighted by molar-refractivity contribution is 6.02. The summed E-state index contributed by atoms with van der Waals surface area (Å²) in [4.78, 5) is 40.6. The van der Waals surface area contributed by atoms with Gasteiger partial charge in [-0.3, -0.25) is 14.4 Å². The highest BCUT2D eigenvalue weighted by Gasteiger charge is 2.38. The lowest BCUT2D eigenvalue weighted by molar-refractivity contribution is -0.138. The molecule has 0 spiro atoms. The molecular formula is C22H23F2N3O4. The van der Waals surface area contributed by atoms with Crippen molar-refractivity contribution in [3.05, 3.63) is 54.1 Å². The molecule has 1 aliphatic rings. The molecule has 3 amide bonds. The van der Waals surface area contributed by atoms with Gasteiger partial charge in [0.1, 0.15) is 23.1 Å². The molecule has 0 unspecified atom stereocenters. The zero-order chi connectivity index (χ0) is 22.5. The molecule has 1 fully saturated rings. The number of halogens is 2. The van der Waals surface area contributed by atoms with Crippen LogP contribution in [0.5, 0.6) is 5.75 Å². The van der Waals surface area contributed by atoms with Crippen LogP contribution >= 0.6 is 0 Å². The molecule has 1 heterocycles. The highest BCUT2D eigenvalue weighted by atomic mass is 19.1. The van der Waals surface area contributed by atoms with Crippen molar-refractivity contribution in [3.63, 3.8) is 0 Å². The van der Waals surface area contributed by atoms with E-state index in [0.29, 0.717) is 11.4 Å². The zero-order valence-corrected chi connectivity index (χ0v) is 17.2. The van der Waals surface area contributed by atoms with Gasteiger partial charge in [-0.2, -0.15) is 0 Å². The second-order valence-electron chi connectivity index (χ2n) is 7.07. The number of anilines is 2. The minimum absolute atomic E-state index is 0.00303. The van der Waals surface area contributed by atoms with Crippen LogP contribution in [0.4, 0.5) is 20.2 Å². The number of rotatable bonds is 7. The predicted molar refractivity (Wildman–Crippen MR) is 111 cm³/mol. The average molecular weight is 431 g/mol. The number of para-hydroxylation sites is 3. The molecule has 0 aliphatic carbocycles. The molecule has 1 saturated heterocycles. The summed E-state index contributed by atoms with van der Waals surface area (Å²) >= 11 is 0. The van der Waals surface area contributed by atoms with Crippen molar-refractivity contribution in [2.24, 2.45) is 5.92 Å². The molecule has 1 atom stereocenters. The molecule has 2 aromatic carbocycles. The summed E-state index contributed by atoms with van der Waals surface area (Å²) in [6.07, 6.45) is -0.00303. The number of nitrogens with zero attached hydrogens (tertiary/aromatic N) is 2. The Morgan fingerprint density at radius 3 is 2.48 bits per heavy atom. The fourth-order valence-electron chi connectivity index (χ4n) is 3.53. The van der Waals surface area contributed by atoms with E-state index < -0.39 is 29.1 Å². The van der Waals surface area contributed by atoms with Gasteiger partial charge in [0.2, 0.25) is 17.7 Å². The smallest absolute Gasteiger partial charge is 0.244 e. The summed E-state index contributed by atoms with van der Waals surface area (Å²) < 4.78 is 32.8. The van der Waals surface area contributed by atoms with Crippen molar-refractivity contribution < 1.29 is 27.9 Å². The first-order chi connectivity index (χ1) is 14.8. The van der Waals surface area contributed by atoms with E-state index >= 15 is 0 Å². The molecule has 0 aromatic heterocycles. The Morgan fingerprint density at radius 1 is 1.16 bits per heavy atom. The number of carbonyl (C=O) groups is 3. The number of benzene rings is 2. The number of methoxy groups -OCH3 is 1. The lowest BCUT2D eigenvalue weighted by atomic mass is 10.1. The van der Waals surface area contributed by atoms with Crippen molar-refractivity contribution in [2.75, 3.05) is 37.0 Å². The molecule has 1 aliphatic heterocycles. The molecular weight excluding hydrogens is 408 g/mol. The molecule has 9 heteroatoms. The van der Waals surface area contributed by atoms with Gasteiger partial charge >= 0.3 is 0 Å². The van der Waals surface area contributed by atoms with E-state index in [0.717, 1.165) is 12.1 Å². The fourth-order valence-corrected chi connectivity index (χ4v) is 3.53. The van der Waals surface area contributed by atoms with E-state index in [1.54, 1.807) is 31.2 Å². The maximum Gasteiger partial charge on any atom is 0.244 e. The average Bonchev–Trinajstić information content (AvgIpc) is 3.15. The second kappa shape index (κ2) is 9.55. The van der Waals surface area contributed by atoms with Crippen molar-refractivity contribution in [2.45, 2.75) is 13.3 Å². The quantitative estimate of drug-likeness (QED) is 0.731. The van der Waals surface area contributed by atoms with Crippen LogP contribution in [-0.2, 0) is 14.4 Å². The Bertz CT molecular complexity index is 978. The van der Waals surface area contributed by atoms with E-state index in [-0.39, 0.29) is 37.9 Å². The molecule has 7 nitrogen and oxygen atoms in total. The summed E-state index contributed by atoms with van der Waals surface area (Å²) in [5.41, 5.74) is 0.00973. The lowest BCUT2D eigenvalue weighted by Crippen LogP contribution is -2.42. The number of nitrogens with one attached hydrogen (secondary N) is 1. The Hall–Kier alpha value is -3.49. The normalized spacial score (nSPS) is 15.7. The van der Waals surface area contributed by atoms with Gasteiger partial charge in [0.15, 0.2) is 0 Å². The Balaban J connectivity index is 1.68. The number of ether oxygens (including phenoxy) is 1. The zero-order valence-electron chi connectivity index (χ0n) is 17.2. The van der Waals surface area contributed by atoms with E-state index in [9.17, 15) is 23.2 Å². The van der Waals surface area contributed by atoms with Gasteiger partial charge in [0.25, 0.3) is 0 Å². The van der Waals surface area contributed by atoms with Crippen LogP contribution in [0.15, 0.2) is 42.5 Å². The lowest BCUT2D eigenvalue weighted by Gasteiger charge is -2.24. The predicted octanol–water partition coefficient (Wildman–Crippen LogP) is 2.81. The maximum absolute atomic E-state index is 13.8. The third kappa shape index (κ3) is 4.82. The molecule has 0 bridgehead atoms. The van der Waals surface area contributed by atoms with Gasteiger partial charge in [-0.25, -0.2) is 8.78 Å². The maximum atomic E-state index is 13.8. The van der Waals surface area contributed by atoms with Crippen molar-refractivity contribution in [1.82, 2.24) is 4.90 Å². The molecule has 0 radical (unpaired) electrons. The van der Waals surface area contributed by atoms with Crippen molar-refractivity contribution >= 4 is 29.1 Å². The Labute approximate surface area is 178 Å². The molecule has 164 valence electrons. The first kappa shape index (κ1) is 22.2. The van der Waals surface area contributed by atoms with Crippen molar-refractivity contribution in [3.8, 4) is 5.75 Å². The summed E-state index contributed by atoms with van der Waals surface area (Å²) in [5.74, 6) is -3.27. The number of hydrogen-bond acceptors (Lipinski definition) is 4. The largest absolute Gasteiger partial charge is 0.495 e. The second-order valence-corrected chi connectivity index (χ2v) is 7.07. The van der Waals surface area contributed by atoms with Crippen LogP contribution in [0.2, 0.25) is 0 Å². The topological polar surface area (TPSA) is 79.0 Å². The van der Waals surface area contributed by atoms with Crippen LogP contribution in [0.1, 0.15) is 13.3 Å². The summed E-state index contributed by atoms with van der Waals surface area (Å²) in [5, 5.41) is 2.17. The fraction of sp³-hybridized carbons (Fsp3) is 0.318. The van der Waals surface area contributed by atoms with Gasteiger partial charge in [-0.05, 0) is 31.2 Å². The molecule has 3 rings (SSSR count). The van der Waals surface area contributed by atoms with E-state index in [2.05, 4.69) is 5.32 Å². The SMILES string of the molecule is CCN(CC(=O)Nc1c(F)cccc1F)C(=O)[C@@H]1CC(=O)N(c2ccccc2OC)C1. The summed E-state index contributed by atoms with van der Waals surface area (Å²) in [6, 6.07) is 10.2. The number of hydrogen-bond donors (Lipinski definition) is 1. The van der Waals surface area contributed by atoms with Gasteiger partial charge in [-0.15, -0.1) is 0 Å². The molecule has 0 saturated carbocycles. The Morgan fingerprint density at radius 2 is 1.84 bits per heavy atom. The van der Waals surface area contributed by atoms with Gasteiger partial charge < -0.3 is 19.9 Å². The summed E-state index contributed by atoms with van der Waals surface area (Å²) in [7, 11) is 1.50. The third-order valence-electron chi connectivity index (χ3n) is 5.11. The number of carbonyl (C=O) groups excluding carboxylic acids is 3. The first-order valence-corrected chi connectivity index (χ1v) is 9.81. The van der Waals surface area contributed by atoms with Crippen LogP contribution in [0.25, 0.3) is 0 Å². The minimum Gasteiger partial charge on any atom is -0.495 e. The third-order valence-corrected chi connectivity index (χ3v) is 5.11. The van der Waals surface area contributed by atoms with E-state index in [4.69, 9.17) is 4.74 Å². The standard InChI is InChI=1S/C22H23F2N3O4/c1-3-26(13-19(28)25-21-15(23)7-6-8-16(21)24)22(30)14-11-20(29)27(12-14)17-9-4-5-10-18(17)31-2/h4-10,14H,3,11-13H2,1-2H3,(H,25,28)/t14-/m1/s1. The van der Waals surface area contributed by atoms with Gasteiger partial charge in [0, 0.05) is 19.5 Å². The Kier molecular flexibility index (Phi) is 6.84. The minimum atomic E-state index is -0.906. The van der Waals surface area contributed by atoms with Crippen LogP contribution in [-0.4, -0.2) is 49.4 Å². The number of amides is 3. The van der Waals surface area contributed by atoms with E-state index in [1.807, 2.05) is 0 Å². The number of likely N-dealkylation sites (N-methyl/N-ethyl adjacent to an activating group) is 1. The van der Waals surface area contributed by atoms with Crippen molar-refractivity contribution in [1.29, 1.82) is 0 Å². The summed E-state index contributed by atoms with van der Waals surface area (Å²) in [6.45, 7) is 1.65. The molecule has 31 heavy (non-hydrogen) atoms. The molecule has 1 N–H and O–H groups in total. The highest BCUT2D eigenvalue weighted by Crippen LogP contribution is 2.33. The molecule has 2 aromatic rings. The van der Waals surface area contributed by atoms with Crippen LogP contribution in [0, 0.1) is 17.6 Å². The van der Waals surface area contributed by atoms with Gasteiger partial charge in [-0.1, -0.05) is 18.2 Å². The van der Waals surface area contributed by atoms with E-state index in [1.165, 1.54) is 23.0 Å². The van der Waals surface area contributed by atoms with Gasteiger partial charge in [0.05, 0.1) is 25.3 Å². The van der Waals surface area contributed by atoms with Crippen LogP contribution < -0.4 is 15.0 Å². The van der Waals surface area contributed by atoms with Crippen LogP contribution in [0.3, 0.4) is 0 Å². The monoisotopic (exact) mass is 431 g/mol. The first-order valence-electron chi connectivity index (χ1n) is 9.81.